The predicted octanol–water partition coefficient (Wildman–Crippen LogP) is 1.16. The third-order valence-electron chi connectivity index (χ3n) is 2.26. The van der Waals surface area contributed by atoms with Gasteiger partial charge in [0, 0.05) is 31.3 Å². The zero-order valence-corrected chi connectivity index (χ0v) is 11.2. The van der Waals surface area contributed by atoms with E-state index in [0.717, 1.165) is 5.69 Å². The number of aromatic nitrogens is 1. The maximum Gasteiger partial charge on any atom is 0.251 e. The Bertz CT molecular complexity index is 449. The smallest absolute Gasteiger partial charge is 0.251 e. The largest absolute Gasteiger partial charge is 0.355 e. The lowest BCUT2D eigenvalue weighted by Crippen LogP contribution is -2.33. The van der Waals surface area contributed by atoms with E-state index in [1.54, 1.807) is 6.07 Å². The van der Waals surface area contributed by atoms with Gasteiger partial charge in [-0.1, -0.05) is 18.5 Å². The summed E-state index contributed by atoms with van der Waals surface area (Å²) in [6.07, 6.45) is 0.715. The molecule has 1 aromatic rings. The molecule has 2 amide bonds. The second kappa shape index (κ2) is 6.96. The van der Waals surface area contributed by atoms with Crippen LogP contribution in [0.25, 0.3) is 0 Å². The fraction of sp³-hybridized carbons (Fsp3) is 0.417. The summed E-state index contributed by atoms with van der Waals surface area (Å²) in [5.74, 6) is -0.344. The zero-order chi connectivity index (χ0) is 13.5. The Hall–Kier alpha value is -1.62. The van der Waals surface area contributed by atoms with Gasteiger partial charge < -0.3 is 10.6 Å². The van der Waals surface area contributed by atoms with Crippen LogP contribution in [0.3, 0.4) is 0 Å². The van der Waals surface area contributed by atoms with Gasteiger partial charge >= 0.3 is 0 Å². The summed E-state index contributed by atoms with van der Waals surface area (Å²) >= 11 is 5.83. The molecule has 1 heterocycles. The molecule has 0 saturated carbocycles. The van der Waals surface area contributed by atoms with Gasteiger partial charge in [-0.25, -0.2) is 4.98 Å². The van der Waals surface area contributed by atoms with Crippen molar-refractivity contribution >= 4 is 23.4 Å². The van der Waals surface area contributed by atoms with Crippen LogP contribution in [-0.2, 0) is 11.2 Å². The highest BCUT2D eigenvalue weighted by Gasteiger charge is 2.08. The molecular weight excluding hydrogens is 254 g/mol. The summed E-state index contributed by atoms with van der Waals surface area (Å²) < 4.78 is 0. The molecule has 98 valence electrons. The van der Waals surface area contributed by atoms with E-state index < -0.39 is 0 Å². The highest BCUT2D eigenvalue weighted by molar-refractivity contribution is 6.29. The molecule has 1 rings (SSSR count). The topological polar surface area (TPSA) is 71.1 Å². The number of carbonyl (C=O) groups excluding carboxylic acids is 2. The van der Waals surface area contributed by atoms with Crippen LogP contribution in [-0.4, -0.2) is 29.9 Å². The van der Waals surface area contributed by atoms with Crippen LogP contribution < -0.4 is 10.6 Å². The first-order valence-corrected chi connectivity index (χ1v) is 6.09. The second-order valence-corrected chi connectivity index (χ2v) is 4.15. The van der Waals surface area contributed by atoms with Crippen molar-refractivity contribution in [2.45, 2.75) is 20.3 Å². The van der Waals surface area contributed by atoms with Crippen molar-refractivity contribution in [1.82, 2.24) is 15.6 Å². The van der Waals surface area contributed by atoms with E-state index in [1.165, 1.54) is 13.0 Å². The van der Waals surface area contributed by atoms with Gasteiger partial charge in [-0.2, -0.15) is 0 Å². The van der Waals surface area contributed by atoms with Crippen molar-refractivity contribution in [3.05, 3.63) is 28.5 Å². The molecule has 0 bridgehead atoms. The van der Waals surface area contributed by atoms with Crippen molar-refractivity contribution < 1.29 is 9.59 Å². The Morgan fingerprint density at radius 1 is 1.28 bits per heavy atom. The van der Waals surface area contributed by atoms with Crippen molar-refractivity contribution in [3.8, 4) is 0 Å². The van der Waals surface area contributed by atoms with Crippen molar-refractivity contribution in [2.24, 2.45) is 0 Å². The summed E-state index contributed by atoms with van der Waals surface area (Å²) in [5, 5.41) is 5.59. The summed E-state index contributed by atoms with van der Waals surface area (Å²) in [6, 6.07) is 3.23. The summed E-state index contributed by atoms with van der Waals surface area (Å²) in [6.45, 7) is 4.15. The summed E-state index contributed by atoms with van der Waals surface area (Å²) in [5.41, 5.74) is 1.25. The lowest BCUT2D eigenvalue weighted by atomic mass is 10.2. The molecule has 0 saturated heterocycles. The summed E-state index contributed by atoms with van der Waals surface area (Å²) in [4.78, 5) is 26.5. The van der Waals surface area contributed by atoms with Crippen LogP contribution in [0.1, 0.15) is 29.9 Å². The lowest BCUT2D eigenvalue weighted by molar-refractivity contribution is -0.118. The Balaban J connectivity index is 2.55. The third kappa shape index (κ3) is 4.71. The van der Waals surface area contributed by atoms with E-state index in [9.17, 15) is 9.59 Å². The van der Waals surface area contributed by atoms with Gasteiger partial charge in [-0.15, -0.1) is 0 Å². The molecule has 0 fully saturated rings. The first-order chi connectivity index (χ1) is 8.52. The van der Waals surface area contributed by atoms with E-state index in [4.69, 9.17) is 11.6 Å². The molecule has 0 aliphatic heterocycles. The zero-order valence-electron chi connectivity index (χ0n) is 10.4. The maximum atomic E-state index is 11.8. The quantitative estimate of drug-likeness (QED) is 0.623. The minimum absolute atomic E-state index is 0.121. The molecule has 2 N–H and O–H groups in total. The molecule has 0 atom stereocenters. The number of nitrogens with zero attached hydrogens (tertiary/aromatic N) is 1. The van der Waals surface area contributed by atoms with Crippen LogP contribution >= 0.6 is 11.6 Å². The number of aryl methyl sites for hydroxylation is 1. The van der Waals surface area contributed by atoms with Gasteiger partial charge in [-0.3, -0.25) is 9.59 Å². The Morgan fingerprint density at radius 2 is 1.94 bits per heavy atom. The standard InChI is InChI=1S/C12H16ClN3O2/c1-3-10-6-9(7-11(13)16-10)12(18)15-5-4-14-8(2)17/h6-7H,3-5H2,1-2H3,(H,14,17)(H,15,18). The van der Waals surface area contributed by atoms with Gasteiger partial charge in [0.05, 0.1) is 0 Å². The number of amides is 2. The number of pyridine rings is 1. The number of halogens is 1. The average Bonchev–Trinajstić information content (AvgIpc) is 2.33. The molecule has 0 spiro atoms. The van der Waals surface area contributed by atoms with Crippen molar-refractivity contribution in [1.29, 1.82) is 0 Å². The maximum absolute atomic E-state index is 11.8. The molecule has 5 nitrogen and oxygen atoms in total. The normalized spacial score (nSPS) is 9.94. The average molecular weight is 270 g/mol. The van der Waals surface area contributed by atoms with Crippen LogP contribution in [0.15, 0.2) is 12.1 Å². The Morgan fingerprint density at radius 3 is 2.56 bits per heavy atom. The molecule has 18 heavy (non-hydrogen) atoms. The van der Waals surface area contributed by atoms with Gasteiger partial charge in [0.2, 0.25) is 5.91 Å². The molecule has 1 aromatic heterocycles. The van der Waals surface area contributed by atoms with E-state index in [2.05, 4.69) is 15.6 Å². The highest BCUT2D eigenvalue weighted by Crippen LogP contribution is 2.11. The fourth-order valence-corrected chi connectivity index (χ4v) is 1.61. The SMILES string of the molecule is CCc1cc(C(=O)NCCNC(C)=O)cc(Cl)n1. The molecule has 0 aromatic carbocycles. The lowest BCUT2D eigenvalue weighted by Gasteiger charge is -2.07. The fourth-order valence-electron chi connectivity index (χ4n) is 1.38. The first-order valence-electron chi connectivity index (χ1n) is 5.72. The molecule has 6 heteroatoms. The number of hydrogen-bond donors (Lipinski definition) is 2. The van der Waals surface area contributed by atoms with Gasteiger partial charge in [0.25, 0.3) is 5.91 Å². The number of hydrogen-bond acceptors (Lipinski definition) is 3. The van der Waals surface area contributed by atoms with Crippen LogP contribution in [0.2, 0.25) is 5.15 Å². The number of rotatable bonds is 5. The molecular formula is C12H16ClN3O2. The van der Waals surface area contributed by atoms with Crippen molar-refractivity contribution in [3.63, 3.8) is 0 Å². The van der Waals surface area contributed by atoms with E-state index in [1.807, 2.05) is 6.92 Å². The van der Waals surface area contributed by atoms with Crippen LogP contribution in [0, 0.1) is 0 Å². The monoisotopic (exact) mass is 269 g/mol. The second-order valence-electron chi connectivity index (χ2n) is 3.76. The van der Waals surface area contributed by atoms with Crippen molar-refractivity contribution in [2.75, 3.05) is 13.1 Å². The summed E-state index contributed by atoms with van der Waals surface area (Å²) in [7, 11) is 0. The van der Waals surface area contributed by atoms with Crippen LogP contribution in [0.5, 0.6) is 0 Å². The molecule has 0 aliphatic carbocycles. The molecule has 0 aliphatic rings. The van der Waals surface area contributed by atoms with Gasteiger partial charge in [0.1, 0.15) is 5.15 Å². The van der Waals surface area contributed by atoms with Gasteiger partial charge in [-0.05, 0) is 18.6 Å². The predicted molar refractivity (Wildman–Crippen MR) is 69.6 cm³/mol. The third-order valence-corrected chi connectivity index (χ3v) is 2.45. The minimum Gasteiger partial charge on any atom is -0.355 e. The Kier molecular flexibility index (Phi) is 5.58. The van der Waals surface area contributed by atoms with Gasteiger partial charge in [0.15, 0.2) is 0 Å². The minimum atomic E-state index is -0.223. The Labute approximate surface area is 111 Å². The van der Waals surface area contributed by atoms with E-state index in [0.29, 0.717) is 30.2 Å². The van der Waals surface area contributed by atoms with E-state index in [-0.39, 0.29) is 11.8 Å². The molecule has 0 unspecified atom stereocenters. The molecule has 0 radical (unpaired) electrons. The number of nitrogens with one attached hydrogen (secondary N) is 2. The van der Waals surface area contributed by atoms with Crippen LogP contribution in [0.4, 0.5) is 0 Å². The first kappa shape index (κ1) is 14.4. The number of carbonyl (C=O) groups is 2. The van der Waals surface area contributed by atoms with E-state index >= 15 is 0 Å². The highest BCUT2D eigenvalue weighted by atomic mass is 35.5.